The van der Waals surface area contributed by atoms with Gasteiger partial charge < -0.3 is 15.1 Å². The zero-order valence-electron chi connectivity index (χ0n) is 14.2. The summed E-state index contributed by atoms with van der Waals surface area (Å²) in [6.07, 6.45) is 4.22. The number of nitrogens with zero attached hydrogens (tertiary/aromatic N) is 2. The van der Waals surface area contributed by atoms with Crippen LogP contribution >= 0.6 is 11.6 Å². The first-order valence-corrected chi connectivity index (χ1v) is 8.82. The van der Waals surface area contributed by atoms with Crippen LogP contribution in [0.15, 0.2) is 24.3 Å². The summed E-state index contributed by atoms with van der Waals surface area (Å²) in [6.45, 7) is 3.58. The zero-order valence-corrected chi connectivity index (χ0v) is 15.0. The maximum atomic E-state index is 12.0. The monoisotopic (exact) mass is 337 g/mol. The molecule has 128 valence electrons. The van der Waals surface area contributed by atoms with Crippen molar-refractivity contribution in [2.75, 3.05) is 33.7 Å². The fourth-order valence-corrected chi connectivity index (χ4v) is 3.29. The van der Waals surface area contributed by atoms with Gasteiger partial charge in [0.25, 0.3) is 0 Å². The lowest BCUT2D eigenvalue weighted by Crippen LogP contribution is -2.33. The van der Waals surface area contributed by atoms with Crippen LogP contribution in [0.3, 0.4) is 0 Å². The van der Waals surface area contributed by atoms with Crippen LogP contribution in [-0.2, 0) is 11.3 Å². The molecule has 1 aromatic carbocycles. The molecule has 0 aliphatic carbocycles. The molecular weight excluding hydrogens is 310 g/mol. The summed E-state index contributed by atoms with van der Waals surface area (Å²) in [4.78, 5) is 16.8. The molecule has 5 heteroatoms. The Morgan fingerprint density at radius 3 is 2.91 bits per heavy atom. The summed E-state index contributed by atoms with van der Waals surface area (Å²) < 4.78 is 0. The SMILES string of the molecule is CN(C)[C@@H]1CCCN(CCC(=O)NCc2cccc(Cl)c2)CC1. The molecule has 23 heavy (non-hydrogen) atoms. The number of rotatable bonds is 6. The summed E-state index contributed by atoms with van der Waals surface area (Å²) in [5.74, 6) is 0.110. The molecule has 0 saturated carbocycles. The molecule has 4 nitrogen and oxygen atoms in total. The van der Waals surface area contributed by atoms with Crippen molar-refractivity contribution in [1.82, 2.24) is 15.1 Å². The van der Waals surface area contributed by atoms with Crippen molar-refractivity contribution >= 4 is 17.5 Å². The van der Waals surface area contributed by atoms with Crippen molar-refractivity contribution in [2.24, 2.45) is 0 Å². The highest BCUT2D eigenvalue weighted by molar-refractivity contribution is 6.30. The highest BCUT2D eigenvalue weighted by atomic mass is 35.5. The minimum absolute atomic E-state index is 0.110. The third-order valence-corrected chi connectivity index (χ3v) is 4.79. The molecule has 0 radical (unpaired) electrons. The number of halogens is 1. The van der Waals surface area contributed by atoms with Gasteiger partial charge in [-0.25, -0.2) is 0 Å². The normalized spacial score (nSPS) is 19.6. The van der Waals surface area contributed by atoms with Crippen molar-refractivity contribution in [2.45, 2.75) is 38.3 Å². The summed E-state index contributed by atoms with van der Waals surface area (Å²) >= 11 is 5.95. The van der Waals surface area contributed by atoms with Crippen molar-refractivity contribution in [1.29, 1.82) is 0 Å². The van der Waals surface area contributed by atoms with Gasteiger partial charge >= 0.3 is 0 Å². The Balaban J connectivity index is 1.68. The highest BCUT2D eigenvalue weighted by Gasteiger charge is 2.18. The van der Waals surface area contributed by atoms with Gasteiger partial charge in [0.2, 0.25) is 5.91 Å². The van der Waals surface area contributed by atoms with Gasteiger partial charge in [-0.05, 0) is 64.1 Å². The zero-order chi connectivity index (χ0) is 16.7. The van der Waals surface area contributed by atoms with Crippen LogP contribution in [0.5, 0.6) is 0 Å². The van der Waals surface area contributed by atoms with Gasteiger partial charge in [0.05, 0.1) is 0 Å². The van der Waals surface area contributed by atoms with E-state index in [9.17, 15) is 4.79 Å². The minimum Gasteiger partial charge on any atom is -0.352 e. The van der Waals surface area contributed by atoms with Gasteiger partial charge in [0.15, 0.2) is 0 Å². The first-order chi connectivity index (χ1) is 11.0. The molecule has 1 aromatic rings. The quantitative estimate of drug-likeness (QED) is 0.867. The number of nitrogens with one attached hydrogen (secondary N) is 1. The molecule has 0 unspecified atom stereocenters. The topological polar surface area (TPSA) is 35.6 Å². The van der Waals surface area contributed by atoms with Crippen LogP contribution in [0.25, 0.3) is 0 Å². The molecule has 0 aromatic heterocycles. The van der Waals surface area contributed by atoms with E-state index >= 15 is 0 Å². The van der Waals surface area contributed by atoms with E-state index < -0.39 is 0 Å². The summed E-state index contributed by atoms with van der Waals surface area (Å²) in [6, 6.07) is 8.28. The fraction of sp³-hybridized carbons (Fsp3) is 0.611. The van der Waals surface area contributed by atoms with E-state index in [0.717, 1.165) is 25.2 Å². The van der Waals surface area contributed by atoms with Crippen molar-refractivity contribution in [3.8, 4) is 0 Å². The second-order valence-electron chi connectivity index (χ2n) is 6.55. The van der Waals surface area contributed by atoms with Crippen LogP contribution in [0, 0.1) is 0 Å². The molecule has 1 amide bonds. The Kier molecular flexibility index (Phi) is 7.34. The third kappa shape index (κ3) is 6.50. The average Bonchev–Trinajstić information content (AvgIpc) is 2.77. The predicted molar refractivity (Wildman–Crippen MR) is 95.7 cm³/mol. The van der Waals surface area contributed by atoms with E-state index in [1.807, 2.05) is 24.3 Å². The van der Waals surface area contributed by atoms with Gasteiger partial charge in [0.1, 0.15) is 0 Å². The van der Waals surface area contributed by atoms with E-state index in [-0.39, 0.29) is 5.91 Å². The molecule has 0 spiro atoms. The summed E-state index contributed by atoms with van der Waals surface area (Å²) in [5, 5.41) is 3.68. The van der Waals surface area contributed by atoms with Crippen LogP contribution < -0.4 is 5.32 Å². The number of amides is 1. The highest BCUT2D eigenvalue weighted by Crippen LogP contribution is 2.15. The Labute approximate surface area is 144 Å². The molecule has 0 bridgehead atoms. The molecule has 1 saturated heterocycles. The maximum Gasteiger partial charge on any atom is 0.221 e. The van der Waals surface area contributed by atoms with Gasteiger partial charge in [-0.1, -0.05) is 23.7 Å². The van der Waals surface area contributed by atoms with Crippen LogP contribution in [0.2, 0.25) is 5.02 Å². The van der Waals surface area contributed by atoms with E-state index in [1.54, 1.807) is 0 Å². The maximum absolute atomic E-state index is 12.0. The fourth-order valence-electron chi connectivity index (χ4n) is 3.07. The first-order valence-electron chi connectivity index (χ1n) is 8.44. The largest absolute Gasteiger partial charge is 0.352 e. The second kappa shape index (κ2) is 9.26. The van der Waals surface area contributed by atoms with Crippen molar-refractivity contribution in [3.05, 3.63) is 34.9 Å². The number of carbonyl (C=O) groups excluding carboxylic acids is 1. The number of carbonyl (C=O) groups is 1. The van der Waals surface area contributed by atoms with Gasteiger partial charge in [-0.3, -0.25) is 4.79 Å². The van der Waals surface area contributed by atoms with Gasteiger partial charge in [-0.2, -0.15) is 0 Å². The number of hydrogen-bond acceptors (Lipinski definition) is 3. The molecule has 1 N–H and O–H groups in total. The number of benzene rings is 1. The first kappa shape index (κ1) is 18.2. The van der Waals surface area contributed by atoms with Crippen molar-refractivity contribution < 1.29 is 4.79 Å². The van der Waals surface area contributed by atoms with E-state index in [2.05, 4.69) is 29.2 Å². The predicted octanol–water partition coefficient (Wildman–Crippen LogP) is 2.76. The lowest BCUT2D eigenvalue weighted by atomic mass is 10.1. The van der Waals surface area contributed by atoms with Crippen LogP contribution in [0.1, 0.15) is 31.2 Å². The molecule has 1 aliphatic heterocycles. The molecule has 1 atom stereocenters. The molecule has 2 rings (SSSR count). The summed E-state index contributed by atoms with van der Waals surface area (Å²) in [5.41, 5.74) is 1.04. The van der Waals surface area contributed by atoms with E-state index in [1.165, 1.54) is 19.3 Å². The van der Waals surface area contributed by atoms with E-state index in [4.69, 9.17) is 11.6 Å². The Morgan fingerprint density at radius 1 is 1.35 bits per heavy atom. The Morgan fingerprint density at radius 2 is 2.17 bits per heavy atom. The molecular formula is C18H28ClN3O. The summed E-state index contributed by atoms with van der Waals surface area (Å²) in [7, 11) is 4.31. The number of likely N-dealkylation sites (tertiary alicyclic amines) is 1. The standard InChI is InChI=1S/C18H28ClN3O/c1-21(2)17-7-4-10-22(11-8-17)12-9-18(23)20-14-15-5-3-6-16(19)13-15/h3,5-6,13,17H,4,7-12,14H2,1-2H3,(H,20,23)/t17-/m1/s1. The van der Waals surface area contributed by atoms with Crippen LogP contribution in [0.4, 0.5) is 0 Å². The van der Waals surface area contributed by atoms with E-state index in [0.29, 0.717) is 24.0 Å². The lowest BCUT2D eigenvalue weighted by molar-refractivity contribution is -0.121. The van der Waals surface area contributed by atoms with Gasteiger partial charge in [0, 0.05) is 30.6 Å². The van der Waals surface area contributed by atoms with Crippen molar-refractivity contribution in [3.63, 3.8) is 0 Å². The minimum atomic E-state index is 0.110. The smallest absolute Gasteiger partial charge is 0.221 e. The number of hydrogen-bond donors (Lipinski definition) is 1. The lowest BCUT2D eigenvalue weighted by Gasteiger charge is -2.23. The second-order valence-corrected chi connectivity index (χ2v) is 6.98. The van der Waals surface area contributed by atoms with Crippen LogP contribution in [-0.4, -0.2) is 55.5 Å². The molecule has 1 heterocycles. The molecule has 1 aliphatic rings. The average molecular weight is 338 g/mol. The Hall–Kier alpha value is -1.10. The molecule has 1 fully saturated rings. The Bertz CT molecular complexity index is 507. The van der Waals surface area contributed by atoms with Gasteiger partial charge in [-0.15, -0.1) is 0 Å². The third-order valence-electron chi connectivity index (χ3n) is 4.55.